The highest BCUT2D eigenvalue weighted by atomic mass is 35.5. The summed E-state index contributed by atoms with van der Waals surface area (Å²) in [6.45, 7) is 1.49. The molecular weight excluding hydrogens is 369 g/mol. The predicted molar refractivity (Wildman–Crippen MR) is 110 cm³/mol. The lowest BCUT2D eigenvalue weighted by Crippen LogP contribution is -2.42. The Morgan fingerprint density at radius 3 is 2.42 bits per heavy atom. The minimum absolute atomic E-state index is 0.214. The van der Waals surface area contributed by atoms with Gasteiger partial charge in [0, 0.05) is 31.4 Å². The summed E-state index contributed by atoms with van der Waals surface area (Å²) in [5.74, 6) is 0.771. The maximum absolute atomic E-state index is 5.99. The Labute approximate surface area is 165 Å². The lowest BCUT2D eigenvalue weighted by Gasteiger charge is -2.26. The normalized spacial score (nSPS) is 12.9. The van der Waals surface area contributed by atoms with Gasteiger partial charge in [-0.2, -0.15) is 0 Å². The lowest BCUT2D eigenvalue weighted by molar-refractivity contribution is 0.298. The van der Waals surface area contributed by atoms with Gasteiger partial charge in [-0.15, -0.1) is 0 Å². The third kappa shape index (κ3) is 6.48. The molecule has 2 aromatic rings. The average molecular weight is 394 g/mol. The van der Waals surface area contributed by atoms with Gasteiger partial charge in [0.15, 0.2) is 5.96 Å². The lowest BCUT2D eigenvalue weighted by atomic mass is 10.1. The fourth-order valence-electron chi connectivity index (χ4n) is 2.58. The molecule has 0 aliphatic heterocycles. The molecule has 0 bridgehead atoms. The highest BCUT2D eigenvalue weighted by Crippen LogP contribution is 2.19. The van der Waals surface area contributed by atoms with Crippen molar-refractivity contribution in [2.45, 2.75) is 12.5 Å². The van der Waals surface area contributed by atoms with Gasteiger partial charge in [0.05, 0.1) is 6.04 Å². The zero-order valence-corrected chi connectivity index (χ0v) is 16.8. The van der Waals surface area contributed by atoms with Crippen molar-refractivity contribution in [3.05, 3.63) is 63.9 Å². The maximum Gasteiger partial charge on any atom is 0.191 e. The number of hydrogen-bond donors (Lipinski definition) is 2. The van der Waals surface area contributed by atoms with Crippen LogP contribution in [-0.4, -0.2) is 50.1 Å². The van der Waals surface area contributed by atoms with E-state index in [1.165, 1.54) is 5.56 Å². The van der Waals surface area contributed by atoms with Gasteiger partial charge in [-0.25, -0.2) is 4.98 Å². The summed E-state index contributed by atoms with van der Waals surface area (Å²) in [4.78, 5) is 10.6. The van der Waals surface area contributed by atoms with Crippen LogP contribution in [0.25, 0.3) is 0 Å². The number of rotatable bonds is 7. The molecule has 26 heavy (non-hydrogen) atoms. The van der Waals surface area contributed by atoms with Gasteiger partial charge >= 0.3 is 0 Å². The van der Waals surface area contributed by atoms with Crippen molar-refractivity contribution in [1.29, 1.82) is 0 Å². The van der Waals surface area contributed by atoms with Crippen LogP contribution >= 0.6 is 23.2 Å². The van der Waals surface area contributed by atoms with E-state index in [-0.39, 0.29) is 6.04 Å². The first kappa shape index (κ1) is 20.5. The number of nitrogens with zero attached hydrogens (tertiary/aromatic N) is 3. The van der Waals surface area contributed by atoms with E-state index < -0.39 is 0 Å². The molecule has 0 spiro atoms. The first-order chi connectivity index (χ1) is 12.5. The van der Waals surface area contributed by atoms with Crippen LogP contribution in [0.15, 0.2) is 47.6 Å². The summed E-state index contributed by atoms with van der Waals surface area (Å²) >= 11 is 11.8. The summed E-state index contributed by atoms with van der Waals surface area (Å²) in [7, 11) is 5.89. The number of likely N-dealkylation sites (N-methyl/N-ethyl adjacent to an activating group) is 1. The molecule has 5 nitrogen and oxygen atoms in total. The Hall–Kier alpha value is -1.82. The highest BCUT2D eigenvalue weighted by molar-refractivity contribution is 6.30. The zero-order chi connectivity index (χ0) is 18.9. The van der Waals surface area contributed by atoms with E-state index in [9.17, 15) is 0 Å². The topological polar surface area (TPSA) is 52.6 Å². The number of pyridine rings is 1. The molecule has 1 atom stereocenters. The molecule has 2 rings (SSSR count). The summed E-state index contributed by atoms with van der Waals surface area (Å²) in [5, 5.41) is 7.97. The SMILES string of the molecule is CN=C(NCCc1ccc(Cl)nc1)NCC(c1ccc(Cl)cc1)N(C)C. The van der Waals surface area contributed by atoms with Gasteiger partial charge in [0.25, 0.3) is 0 Å². The van der Waals surface area contributed by atoms with Crippen molar-refractivity contribution < 1.29 is 0 Å². The molecule has 1 unspecified atom stereocenters. The van der Waals surface area contributed by atoms with Gasteiger partial charge in [-0.05, 0) is 49.8 Å². The first-order valence-electron chi connectivity index (χ1n) is 8.46. The van der Waals surface area contributed by atoms with Gasteiger partial charge in [-0.1, -0.05) is 41.4 Å². The van der Waals surface area contributed by atoms with Crippen molar-refractivity contribution in [3.8, 4) is 0 Å². The summed E-state index contributed by atoms with van der Waals surface area (Å²) < 4.78 is 0. The number of halogens is 2. The number of nitrogens with one attached hydrogen (secondary N) is 2. The number of guanidine groups is 1. The van der Waals surface area contributed by atoms with Crippen molar-refractivity contribution in [1.82, 2.24) is 20.5 Å². The summed E-state index contributed by atoms with van der Waals surface area (Å²) in [5.41, 5.74) is 2.33. The number of benzene rings is 1. The van der Waals surface area contributed by atoms with Crippen molar-refractivity contribution in [3.63, 3.8) is 0 Å². The fraction of sp³-hybridized carbons (Fsp3) is 0.368. The maximum atomic E-state index is 5.99. The van der Waals surface area contributed by atoms with Gasteiger partial charge < -0.3 is 15.5 Å². The van der Waals surface area contributed by atoms with Gasteiger partial charge in [-0.3, -0.25) is 4.99 Å². The molecule has 140 valence electrons. The van der Waals surface area contributed by atoms with E-state index in [1.807, 2.05) is 18.2 Å². The minimum atomic E-state index is 0.214. The van der Waals surface area contributed by atoms with E-state index in [2.05, 4.69) is 51.7 Å². The Morgan fingerprint density at radius 2 is 1.85 bits per heavy atom. The van der Waals surface area contributed by atoms with E-state index >= 15 is 0 Å². The van der Waals surface area contributed by atoms with Crippen LogP contribution in [0.3, 0.4) is 0 Å². The van der Waals surface area contributed by atoms with Crippen molar-refractivity contribution >= 4 is 29.2 Å². The quantitative estimate of drug-likeness (QED) is 0.430. The van der Waals surface area contributed by atoms with Gasteiger partial charge in [0.2, 0.25) is 0 Å². The van der Waals surface area contributed by atoms with Crippen LogP contribution in [0.5, 0.6) is 0 Å². The van der Waals surface area contributed by atoms with E-state index in [4.69, 9.17) is 23.2 Å². The monoisotopic (exact) mass is 393 g/mol. The second-order valence-corrected chi connectivity index (χ2v) is 6.97. The van der Waals surface area contributed by atoms with E-state index in [0.717, 1.165) is 36.1 Å². The van der Waals surface area contributed by atoms with Gasteiger partial charge in [0.1, 0.15) is 5.15 Å². The largest absolute Gasteiger partial charge is 0.356 e. The minimum Gasteiger partial charge on any atom is -0.356 e. The molecule has 0 amide bonds. The molecule has 0 saturated carbocycles. The molecule has 0 aliphatic carbocycles. The van der Waals surface area contributed by atoms with Crippen LogP contribution in [-0.2, 0) is 6.42 Å². The summed E-state index contributed by atoms with van der Waals surface area (Å²) in [6, 6.07) is 11.9. The highest BCUT2D eigenvalue weighted by Gasteiger charge is 2.14. The molecule has 1 aromatic carbocycles. The van der Waals surface area contributed by atoms with Crippen LogP contribution in [0.4, 0.5) is 0 Å². The third-order valence-corrected chi connectivity index (χ3v) is 4.53. The second kappa shape index (κ2) is 10.4. The molecule has 0 aliphatic rings. The molecule has 1 heterocycles. The third-order valence-electron chi connectivity index (χ3n) is 4.06. The second-order valence-electron chi connectivity index (χ2n) is 6.15. The Kier molecular flexibility index (Phi) is 8.16. The molecule has 2 N–H and O–H groups in total. The number of aromatic nitrogens is 1. The molecule has 0 radical (unpaired) electrons. The molecular formula is C19H25Cl2N5. The Balaban J connectivity index is 1.85. The van der Waals surface area contributed by atoms with Crippen LogP contribution in [0.2, 0.25) is 10.2 Å². The van der Waals surface area contributed by atoms with Crippen LogP contribution < -0.4 is 10.6 Å². The van der Waals surface area contributed by atoms with E-state index in [1.54, 1.807) is 19.3 Å². The Morgan fingerprint density at radius 1 is 1.12 bits per heavy atom. The van der Waals surface area contributed by atoms with E-state index in [0.29, 0.717) is 5.15 Å². The number of hydrogen-bond acceptors (Lipinski definition) is 3. The molecule has 1 aromatic heterocycles. The summed E-state index contributed by atoms with van der Waals surface area (Å²) in [6.07, 6.45) is 2.64. The number of aliphatic imine (C=N–C) groups is 1. The standard InChI is InChI=1S/C19H25Cl2N5/c1-22-19(23-11-10-14-4-9-18(21)24-12-14)25-13-17(26(2)3)15-5-7-16(20)8-6-15/h4-9,12,17H,10-11,13H2,1-3H3,(H2,22,23,25). The predicted octanol–water partition coefficient (Wildman–Crippen LogP) is 3.40. The van der Waals surface area contributed by atoms with Crippen molar-refractivity contribution in [2.24, 2.45) is 4.99 Å². The zero-order valence-electron chi connectivity index (χ0n) is 15.3. The van der Waals surface area contributed by atoms with Crippen molar-refractivity contribution in [2.75, 3.05) is 34.2 Å². The Bertz CT molecular complexity index is 699. The van der Waals surface area contributed by atoms with Crippen LogP contribution in [0.1, 0.15) is 17.2 Å². The molecule has 7 heteroatoms. The molecule has 0 fully saturated rings. The molecule has 0 saturated heterocycles. The van der Waals surface area contributed by atoms with Crippen LogP contribution in [0, 0.1) is 0 Å². The average Bonchev–Trinajstić information content (AvgIpc) is 2.63. The fourth-order valence-corrected chi connectivity index (χ4v) is 2.81. The first-order valence-corrected chi connectivity index (χ1v) is 9.22. The smallest absolute Gasteiger partial charge is 0.191 e.